The summed E-state index contributed by atoms with van der Waals surface area (Å²) in [6, 6.07) is 0. The van der Waals surface area contributed by atoms with Crippen molar-refractivity contribution in [1.82, 2.24) is 0 Å². The Morgan fingerprint density at radius 1 is 0.882 bits per heavy atom. The van der Waals surface area contributed by atoms with Crippen LogP contribution in [0.15, 0.2) is 24.3 Å². The zero-order valence-electron chi connectivity index (χ0n) is 8.90. The van der Waals surface area contributed by atoms with E-state index in [1.807, 2.05) is 0 Å². The number of rotatable bonds is 0. The number of hydrogen-bond acceptors (Lipinski definition) is 0. The molecule has 3 aliphatic carbocycles. The zero-order valence-corrected chi connectivity index (χ0v) is 8.90. The molecule has 4 rings (SSSR count). The van der Waals surface area contributed by atoms with Crippen LogP contribution in [-0.4, -0.2) is 0 Å². The molecule has 17 heavy (non-hydrogen) atoms. The van der Waals surface area contributed by atoms with E-state index in [1.54, 1.807) is 31.2 Å². The van der Waals surface area contributed by atoms with E-state index >= 15 is 0 Å². The molecule has 0 amide bonds. The highest BCUT2D eigenvalue weighted by Gasteiger charge is 2.41. The Morgan fingerprint density at radius 2 is 1.41 bits per heavy atom. The fourth-order valence-corrected chi connectivity index (χ4v) is 2.57. The predicted molar refractivity (Wildman–Crippen MR) is 54.6 cm³/mol. The average molecular weight is 240 g/mol. The standard InChI is InChI=1S/C13H8F4/c1-13-4-2-6(3-5-13)7-8(13)10(15)12(17)11(16)9(7)14/h2-6H,1H3. The maximum absolute atomic E-state index is 13.8. The molecule has 0 radical (unpaired) electrons. The highest BCUT2D eigenvalue weighted by atomic mass is 19.2. The fraction of sp³-hybridized carbons (Fsp3) is 0.231. The number of allylic oxidation sites excluding steroid dienone is 4. The Kier molecular flexibility index (Phi) is 1.86. The van der Waals surface area contributed by atoms with Crippen molar-refractivity contribution < 1.29 is 17.6 Å². The van der Waals surface area contributed by atoms with Gasteiger partial charge in [-0.05, 0) is 6.92 Å². The van der Waals surface area contributed by atoms with E-state index in [1.165, 1.54) is 0 Å². The Balaban J connectivity index is 2.45. The monoisotopic (exact) mass is 240 g/mol. The molecule has 2 bridgehead atoms. The molecule has 0 spiro atoms. The van der Waals surface area contributed by atoms with Crippen molar-refractivity contribution >= 4 is 0 Å². The van der Waals surface area contributed by atoms with Gasteiger partial charge in [-0.1, -0.05) is 24.3 Å². The predicted octanol–water partition coefficient (Wildman–Crippen LogP) is 3.72. The molecule has 3 aliphatic rings. The van der Waals surface area contributed by atoms with Gasteiger partial charge in [-0.25, -0.2) is 17.6 Å². The van der Waals surface area contributed by atoms with Crippen molar-refractivity contribution in [3.8, 4) is 0 Å². The summed E-state index contributed by atoms with van der Waals surface area (Å²) in [6.07, 6.45) is 6.70. The van der Waals surface area contributed by atoms with E-state index in [0.717, 1.165) is 0 Å². The summed E-state index contributed by atoms with van der Waals surface area (Å²) >= 11 is 0. The van der Waals surface area contributed by atoms with Gasteiger partial charge >= 0.3 is 0 Å². The zero-order chi connectivity index (χ0) is 12.4. The Morgan fingerprint density at radius 3 is 2.00 bits per heavy atom. The van der Waals surface area contributed by atoms with E-state index in [9.17, 15) is 17.6 Å². The minimum Gasteiger partial charge on any atom is -0.203 e. The first-order valence-corrected chi connectivity index (χ1v) is 5.21. The van der Waals surface area contributed by atoms with Crippen LogP contribution in [0.3, 0.4) is 0 Å². The van der Waals surface area contributed by atoms with E-state index in [-0.39, 0.29) is 11.1 Å². The maximum atomic E-state index is 13.8. The molecule has 0 aromatic heterocycles. The first-order chi connectivity index (χ1) is 7.96. The second-order valence-electron chi connectivity index (χ2n) is 4.57. The van der Waals surface area contributed by atoms with Crippen molar-refractivity contribution in [1.29, 1.82) is 0 Å². The molecule has 0 atom stereocenters. The molecule has 1 aromatic carbocycles. The van der Waals surface area contributed by atoms with Gasteiger partial charge in [-0.15, -0.1) is 0 Å². The SMILES string of the molecule is CC12C=CC(C=C1)c1c(F)c(F)c(F)c(F)c12. The highest BCUT2D eigenvalue weighted by molar-refractivity contribution is 5.55. The fourth-order valence-electron chi connectivity index (χ4n) is 2.57. The summed E-state index contributed by atoms with van der Waals surface area (Å²) in [7, 11) is 0. The van der Waals surface area contributed by atoms with Crippen molar-refractivity contribution in [2.24, 2.45) is 0 Å². The van der Waals surface area contributed by atoms with Crippen LogP contribution in [0, 0.1) is 23.3 Å². The van der Waals surface area contributed by atoms with E-state index in [0.29, 0.717) is 0 Å². The molecule has 0 unspecified atom stereocenters. The molecule has 4 heteroatoms. The third-order valence-electron chi connectivity index (χ3n) is 3.47. The first kappa shape index (κ1) is 10.6. The van der Waals surface area contributed by atoms with Gasteiger partial charge in [0.25, 0.3) is 0 Å². The van der Waals surface area contributed by atoms with E-state index in [2.05, 4.69) is 0 Å². The lowest BCUT2D eigenvalue weighted by Crippen LogP contribution is -2.30. The molecule has 1 aromatic rings. The Labute approximate surface area is 95.3 Å². The van der Waals surface area contributed by atoms with Crippen LogP contribution >= 0.6 is 0 Å². The van der Waals surface area contributed by atoms with Crippen molar-refractivity contribution in [3.63, 3.8) is 0 Å². The van der Waals surface area contributed by atoms with Gasteiger partial charge < -0.3 is 0 Å². The topological polar surface area (TPSA) is 0 Å². The van der Waals surface area contributed by atoms with Gasteiger partial charge in [0.2, 0.25) is 0 Å². The molecule has 0 N–H and O–H groups in total. The second-order valence-corrected chi connectivity index (χ2v) is 4.57. The molecule has 88 valence electrons. The lowest BCUT2D eigenvalue weighted by atomic mass is 9.67. The van der Waals surface area contributed by atoms with Gasteiger partial charge in [-0.3, -0.25) is 0 Å². The second kappa shape index (κ2) is 3.00. The van der Waals surface area contributed by atoms with Gasteiger partial charge in [0.1, 0.15) is 0 Å². The molecule has 0 aliphatic heterocycles. The van der Waals surface area contributed by atoms with Crippen LogP contribution in [0.4, 0.5) is 17.6 Å². The number of halogens is 4. The van der Waals surface area contributed by atoms with E-state index in [4.69, 9.17) is 0 Å². The smallest absolute Gasteiger partial charge is 0.197 e. The minimum absolute atomic E-state index is 0.0890. The average Bonchev–Trinajstić information content (AvgIpc) is 2.33. The first-order valence-electron chi connectivity index (χ1n) is 5.21. The molecular weight excluding hydrogens is 232 g/mol. The number of benzene rings is 1. The van der Waals surface area contributed by atoms with Crippen LogP contribution in [0.2, 0.25) is 0 Å². The van der Waals surface area contributed by atoms with Crippen LogP contribution in [-0.2, 0) is 5.41 Å². The summed E-state index contributed by atoms with van der Waals surface area (Å²) in [5.41, 5.74) is -1.08. The van der Waals surface area contributed by atoms with Crippen LogP contribution < -0.4 is 0 Å². The number of hydrogen-bond donors (Lipinski definition) is 0. The minimum atomic E-state index is -1.74. The van der Waals surface area contributed by atoms with Crippen molar-refractivity contribution in [2.75, 3.05) is 0 Å². The normalized spacial score (nSPS) is 28.6. The Hall–Kier alpha value is -1.58. The van der Waals surface area contributed by atoms with Crippen LogP contribution in [0.25, 0.3) is 0 Å². The summed E-state index contributed by atoms with van der Waals surface area (Å²) in [5, 5.41) is 0. The summed E-state index contributed by atoms with van der Waals surface area (Å²) < 4.78 is 53.9. The Bertz CT molecular complexity index is 570. The van der Waals surface area contributed by atoms with Gasteiger partial charge in [0.15, 0.2) is 23.3 Å². The lowest BCUT2D eigenvalue weighted by Gasteiger charge is -2.37. The van der Waals surface area contributed by atoms with Crippen LogP contribution in [0.5, 0.6) is 0 Å². The summed E-state index contributed by atoms with van der Waals surface area (Å²) in [6.45, 7) is 1.63. The van der Waals surface area contributed by atoms with Gasteiger partial charge in [-0.2, -0.15) is 0 Å². The molecule has 0 nitrogen and oxygen atoms in total. The van der Waals surface area contributed by atoms with Gasteiger partial charge in [0, 0.05) is 22.5 Å². The van der Waals surface area contributed by atoms with Crippen molar-refractivity contribution in [2.45, 2.75) is 18.3 Å². The maximum Gasteiger partial charge on any atom is 0.197 e. The molecule has 0 heterocycles. The molecular formula is C13H8F4. The highest BCUT2D eigenvalue weighted by Crippen LogP contribution is 2.47. The third-order valence-corrected chi connectivity index (χ3v) is 3.47. The quantitative estimate of drug-likeness (QED) is 0.280. The van der Waals surface area contributed by atoms with Crippen molar-refractivity contribution in [3.05, 3.63) is 58.7 Å². The van der Waals surface area contributed by atoms with E-state index < -0.39 is 34.6 Å². The molecule has 0 fully saturated rings. The molecule has 0 saturated carbocycles. The van der Waals surface area contributed by atoms with Crippen LogP contribution in [0.1, 0.15) is 24.0 Å². The summed E-state index contributed by atoms with van der Waals surface area (Å²) in [4.78, 5) is 0. The molecule has 0 saturated heterocycles. The largest absolute Gasteiger partial charge is 0.203 e. The summed E-state index contributed by atoms with van der Waals surface area (Å²) in [5.74, 6) is -6.57. The third kappa shape index (κ3) is 1.13. The van der Waals surface area contributed by atoms with Gasteiger partial charge in [0.05, 0.1) is 0 Å². The lowest BCUT2D eigenvalue weighted by molar-refractivity contribution is 0.388.